The molecule has 51 heavy (non-hydrogen) atoms. The van der Waals surface area contributed by atoms with E-state index in [1.54, 1.807) is 54.6 Å². The number of aromatic nitrogens is 2. The van der Waals surface area contributed by atoms with Gasteiger partial charge in [0.2, 0.25) is 0 Å². The van der Waals surface area contributed by atoms with Gasteiger partial charge in [-0.25, -0.2) is 0 Å². The van der Waals surface area contributed by atoms with Crippen molar-refractivity contribution in [1.29, 1.82) is 0 Å². The summed E-state index contributed by atoms with van der Waals surface area (Å²) in [6.07, 6.45) is 1.19. The van der Waals surface area contributed by atoms with Gasteiger partial charge in [0, 0.05) is 48.9 Å². The van der Waals surface area contributed by atoms with Crippen LogP contribution in [-0.2, 0) is 26.5 Å². The molecule has 0 aliphatic heterocycles. The average Bonchev–Trinajstić information content (AvgIpc) is 3.59. The fourth-order valence-corrected chi connectivity index (χ4v) is 7.37. The summed E-state index contributed by atoms with van der Waals surface area (Å²) in [6, 6.07) is 45.0. The summed E-state index contributed by atoms with van der Waals surface area (Å²) in [4.78, 5) is 9.04. The molecule has 0 aliphatic carbocycles. The van der Waals surface area contributed by atoms with Crippen molar-refractivity contribution in [3.8, 4) is 33.6 Å². The van der Waals surface area contributed by atoms with Gasteiger partial charge >= 0.3 is 0 Å². The van der Waals surface area contributed by atoms with Crippen LogP contribution in [0.25, 0.3) is 55.6 Å². The largest absolute Gasteiger partial charge is 0.501 e. The Hall–Kier alpha value is -4.93. The zero-order chi connectivity index (χ0) is 41.5. The van der Waals surface area contributed by atoms with Gasteiger partial charge < -0.3 is 14.4 Å². The van der Waals surface area contributed by atoms with E-state index >= 15 is 0 Å². The first-order chi connectivity index (χ1) is 27.4. The monoisotopic (exact) mass is 865 g/mol. The number of para-hydroxylation sites is 1. The summed E-state index contributed by atoms with van der Waals surface area (Å²) in [5.41, 5.74) is 6.84. The maximum atomic E-state index is 8.79. The third-order valence-corrected chi connectivity index (χ3v) is 10.5. The maximum absolute atomic E-state index is 8.79. The van der Waals surface area contributed by atoms with E-state index in [2.05, 4.69) is 59.9 Å². The van der Waals surface area contributed by atoms with Crippen LogP contribution in [0.15, 0.2) is 144 Å². The molecule has 3 nitrogen and oxygen atoms in total. The number of benzene rings is 5. The van der Waals surface area contributed by atoms with Gasteiger partial charge in [-0.1, -0.05) is 128 Å². The predicted molar refractivity (Wildman–Crippen MR) is 211 cm³/mol. The standard InChI is InChI=1S/C25H18NO.C21H22NSi.Ir/c1-17-16-26-23(15-19(17)14-18-8-3-2-4-9-18)22-12-7-11-21-20-10-5-6-13-24(20)27-25(21)22;1-16-10-12-18(13-11-16)20-14-19(17-8-6-5-7-9-17)21(15-22-20)23(2,3)4;/h2-11,13,15-16H,14H2,1H3;5-12,14-15H,1-4H3;/q2*-1;/i1D3,14D2;1D3;. The maximum Gasteiger partial charge on any atom is 0.120 e. The van der Waals surface area contributed by atoms with E-state index in [9.17, 15) is 0 Å². The number of hydrogen-bond acceptors (Lipinski definition) is 3. The zero-order valence-electron chi connectivity index (χ0n) is 36.4. The molecule has 8 rings (SSSR count). The Morgan fingerprint density at radius 2 is 1.49 bits per heavy atom. The number of furan rings is 1. The molecule has 5 aromatic carbocycles. The fourth-order valence-electron chi connectivity index (χ4n) is 5.89. The fraction of sp³-hybridized carbons (Fsp3) is 0.130. The van der Waals surface area contributed by atoms with E-state index < -0.39 is 28.2 Å². The van der Waals surface area contributed by atoms with Crippen LogP contribution in [0.4, 0.5) is 0 Å². The summed E-state index contributed by atoms with van der Waals surface area (Å²) in [5.74, 6) is 0. The van der Waals surface area contributed by atoms with Gasteiger partial charge in [0.25, 0.3) is 0 Å². The summed E-state index contributed by atoms with van der Waals surface area (Å²) < 4.78 is 69.9. The van der Waals surface area contributed by atoms with Crippen molar-refractivity contribution in [1.82, 2.24) is 9.97 Å². The molecular formula is C46H40IrN2OSi-2. The summed E-state index contributed by atoms with van der Waals surface area (Å²) in [7, 11) is -1.57. The van der Waals surface area contributed by atoms with Crippen LogP contribution >= 0.6 is 0 Å². The van der Waals surface area contributed by atoms with Crippen LogP contribution in [0.3, 0.4) is 0 Å². The number of nitrogens with zero attached hydrogens (tertiary/aromatic N) is 2. The molecule has 0 atom stereocenters. The third kappa shape index (κ3) is 8.02. The number of hydrogen-bond donors (Lipinski definition) is 0. The Labute approximate surface area is 327 Å². The van der Waals surface area contributed by atoms with Crippen molar-refractivity contribution >= 4 is 35.2 Å². The summed E-state index contributed by atoms with van der Waals surface area (Å²) >= 11 is 0. The second-order valence-electron chi connectivity index (χ2n) is 13.0. The SMILES string of the molecule is [2H]C([2H])([2H])c1c[c-]c(-c2cc(-c3ccccc3)c([Si](C)(C)C)cn2)cc1.[2H]C([2H])([2H])c1cnc(-c2[c-]ccc3c2oc2ccccc23)cc1C([2H])([2H])c1ccccc1.[Ir]. The second kappa shape index (κ2) is 15.5. The van der Waals surface area contributed by atoms with E-state index in [1.165, 1.54) is 28.6 Å². The molecule has 3 aromatic heterocycles. The Morgan fingerprint density at radius 1 is 0.745 bits per heavy atom. The Morgan fingerprint density at radius 3 is 2.22 bits per heavy atom. The topological polar surface area (TPSA) is 38.9 Å². The Kier molecular flexibility index (Phi) is 8.17. The van der Waals surface area contributed by atoms with Crippen molar-refractivity contribution in [2.75, 3.05) is 0 Å². The number of pyridine rings is 2. The molecule has 0 unspecified atom stereocenters. The summed E-state index contributed by atoms with van der Waals surface area (Å²) in [6.45, 7) is 2.31. The molecule has 0 fully saturated rings. The van der Waals surface area contributed by atoms with Gasteiger partial charge in [-0.3, -0.25) is 0 Å². The number of fused-ring (bicyclic) bond motifs is 3. The molecule has 0 bridgehead atoms. The van der Waals surface area contributed by atoms with Gasteiger partial charge in [0.05, 0.1) is 13.7 Å². The van der Waals surface area contributed by atoms with Crippen LogP contribution in [0.1, 0.15) is 33.2 Å². The summed E-state index contributed by atoms with van der Waals surface area (Å²) in [5, 5.41) is 3.16. The smallest absolute Gasteiger partial charge is 0.120 e. The quantitative estimate of drug-likeness (QED) is 0.123. The van der Waals surface area contributed by atoms with Gasteiger partial charge in [0.1, 0.15) is 5.58 Å². The van der Waals surface area contributed by atoms with Gasteiger partial charge in [-0.15, -0.1) is 53.6 Å². The Bertz CT molecular complexity index is 2710. The molecule has 0 saturated heterocycles. The minimum absolute atomic E-state index is 0. The van der Waals surface area contributed by atoms with Crippen LogP contribution in [-0.4, -0.2) is 18.0 Å². The van der Waals surface area contributed by atoms with Crippen molar-refractivity contribution in [3.63, 3.8) is 0 Å². The molecule has 0 aliphatic rings. The van der Waals surface area contributed by atoms with Gasteiger partial charge in [0.15, 0.2) is 0 Å². The molecule has 8 aromatic rings. The van der Waals surface area contributed by atoms with Crippen LogP contribution in [0.5, 0.6) is 0 Å². The van der Waals surface area contributed by atoms with E-state index in [4.69, 9.17) is 15.4 Å². The molecule has 0 saturated carbocycles. The van der Waals surface area contributed by atoms with Gasteiger partial charge in [-0.05, 0) is 63.7 Å². The van der Waals surface area contributed by atoms with Gasteiger partial charge in [-0.2, -0.15) is 0 Å². The van der Waals surface area contributed by atoms with E-state index in [0.717, 1.165) is 27.6 Å². The predicted octanol–water partition coefficient (Wildman–Crippen LogP) is 11.4. The molecule has 0 amide bonds. The van der Waals surface area contributed by atoms with E-state index in [1.807, 2.05) is 54.7 Å². The first-order valence-corrected chi connectivity index (χ1v) is 19.9. The number of rotatable bonds is 6. The zero-order valence-corrected chi connectivity index (χ0v) is 31.8. The van der Waals surface area contributed by atoms with Crippen LogP contribution < -0.4 is 5.19 Å². The first-order valence-electron chi connectivity index (χ1n) is 20.4. The molecule has 1 radical (unpaired) electrons. The normalized spacial score (nSPS) is 14.3. The Balaban J connectivity index is 0.000000199. The number of aryl methyl sites for hydroxylation is 2. The van der Waals surface area contributed by atoms with Crippen LogP contribution in [0.2, 0.25) is 19.6 Å². The van der Waals surface area contributed by atoms with Crippen molar-refractivity contribution in [3.05, 3.63) is 174 Å². The molecule has 3 heterocycles. The third-order valence-electron chi connectivity index (χ3n) is 8.44. The molecular weight excluding hydrogens is 817 g/mol. The van der Waals surface area contributed by atoms with Crippen molar-refractivity contribution in [2.45, 2.75) is 39.7 Å². The van der Waals surface area contributed by atoms with Crippen LogP contribution in [0, 0.1) is 25.8 Å². The van der Waals surface area contributed by atoms with E-state index in [0.29, 0.717) is 28.0 Å². The molecule has 5 heteroatoms. The van der Waals surface area contributed by atoms with Crippen molar-refractivity contribution in [2.24, 2.45) is 0 Å². The molecule has 0 N–H and O–H groups in total. The second-order valence-corrected chi connectivity index (χ2v) is 18.1. The average molecular weight is 865 g/mol. The van der Waals surface area contributed by atoms with Crippen molar-refractivity contribution < 1.29 is 35.5 Å². The first kappa shape index (κ1) is 26.8. The minimum atomic E-state index is -2.52. The molecule has 0 spiro atoms. The van der Waals surface area contributed by atoms with E-state index in [-0.39, 0.29) is 31.2 Å². The molecule has 255 valence electrons. The minimum Gasteiger partial charge on any atom is -0.501 e.